The lowest BCUT2D eigenvalue weighted by molar-refractivity contribution is 0.0439. The maximum Gasteiger partial charge on any atom is 0.205 e. The van der Waals surface area contributed by atoms with Crippen LogP contribution in [0.25, 0.3) is 0 Å². The normalized spacial score (nSPS) is 20.5. The minimum absolute atomic E-state index is 0.0846. The fourth-order valence-electron chi connectivity index (χ4n) is 8.45. The summed E-state index contributed by atoms with van der Waals surface area (Å²) in [5, 5.41) is 11.6. The van der Waals surface area contributed by atoms with Gasteiger partial charge in [-0.3, -0.25) is 24.5 Å². The van der Waals surface area contributed by atoms with Gasteiger partial charge in [0, 0.05) is 77.0 Å². The molecule has 64 heavy (non-hydrogen) atoms. The fourth-order valence-corrected chi connectivity index (χ4v) is 10.7. The van der Waals surface area contributed by atoms with Crippen molar-refractivity contribution in [1.82, 2.24) is 35.5 Å². The van der Waals surface area contributed by atoms with E-state index in [-0.39, 0.29) is 11.6 Å². The van der Waals surface area contributed by atoms with Gasteiger partial charge in [-0.1, -0.05) is 42.0 Å². The van der Waals surface area contributed by atoms with Gasteiger partial charge in [-0.25, -0.2) is 4.98 Å². The Hall–Kier alpha value is -4.05. The Kier molecular flexibility index (Phi) is 18.3. The van der Waals surface area contributed by atoms with Gasteiger partial charge in [-0.15, -0.1) is 11.3 Å². The average Bonchev–Trinajstić information content (AvgIpc) is 3.95. The van der Waals surface area contributed by atoms with E-state index in [4.69, 9.17) is 0 Å². The Bertz CT molecular complexity index is 2340. The van der Waals surface area contributed by atoms with Crippen molar-refractivity contribution < 1.29 is 9.59 Å². The highest BCUT2D eigenvalue weighted by atomic mass is 127. The minimum Gasteiger partial charge on any atom is -0.314 e. The molecule has 2 bridgehead atoms. The predicted octanol–water partition coefficient (Wildman–Crippen LogP) is 10.3. The molecule has 10 heterocycles. The average molecular weight is 1010 g/mol. The second-order valence-electron chi connectivity index (χ2n) is 17.6. The molecule has 0 aliphatic carbocycles. The molecule has 1 aromatic carbocycles. The van der Waals surface area contributed by atoms with Gasteiger partial charge in [0.05, 0.1) is 15.6 Å². The number of thiazole rings is 1. The molecule has 5 aliphatic rings. The summed E-state index contributed by atoms with van der Waals surface area (Å²) in [5.74, 6) is 1.63. The molecule has 5 aromatic heterocycles. The first-order valence-corrected chi connectivity index (χ1v) is 25.7. The molecular weight excluding hydrogens is 946 g/mol. The molecule has 11 rings (SSSR count). The number of piperidine rings is 3. The van der Waals surface area contributed by atoms with Crippen LogP contribution in [-0.2, 0) is 19.3 Å². The van der Waals surface area contributed by atoms with E-state index in [1.165, 1.54) is 102 Å². The van der Waals surface area contributed by atoms with Crippen molar-refractivity contribution in [3.05, 3.63) is 161 Å². The van der Waals surface area contributed by atoms with Gasteiger partial charge < -0.3 is 15.5 Å². The van der Waals surface area contributed by atoms with E-state index in [0.717, 1.165) is 70.5 Å². The van der Waals surface area contributed by atoms with Crippen LogP contribution in [0.1, 0.15) is 109 Å². The van der Waals surface area contributed by atoms with Crippen LogP contribution in [-0.4, -0.2) is 81.2 Å². The second kappa shape index (κ2) is 24.5. The summed E-state index contributed by atoms with van der Waals surface area (Å²) < 4.78 is 1.23. The summed E-state index contributed by atoms with van der Waals surface area (Å²) in [5.41, 5.74) is 8.52. The molecule has 336 valence electrons. The fraction of sp³-hybridized carbons (Fsp3) is 0.423. The number of nitrogens with one attached hydrogen (secondary N) is 2. The molecule has 0 radical (unpaired) electrons. The van der Waals surface area contributed by atoms with Crippen LogP contribution in [0.5, 0.6) is 0 Å². The molecule has 12 heteroatoms. The van der Waals surface area contributed by atoms with Crippen molar-refractivity contribution in [2.75, 3.05) is 32.7 Å². The molecule has 0 spiro atoms. The first kappa shape index (κ1) is 47.9. The third kappa shape index (κ3) is 14.7. The molecule has 0 saturated carbocycles. The number of Topliss-reactive ketones (excluding diaryl/α,β-unsaturated/α-hetero) is 1. The van der Waals surface area contributed by atoms with Crippen LogP contribution in [0.4, 0.5) is 0 Å². The zero-order chi connectivity index (χ0) is 44.7. The lowest BCUT2D eigenvalue weighted by atomic mass is 9.76. The van der Waals surface area contributed by atoms with Gasteiger partial charge in [0.1, 0.15) is 5.69 Å². The van der Waals surface area contributed by atoms with Gasteiger partial charge >= 0.3 is 0 Å². The number of ketones is 2. The zero-order valence-corrected chi connectivity index (χ0v) is 41.3. The van der Waals surface area contributed by atoms with Crippen LogP contribution in [0.15, 0.2) is 102 Å². The number of carbonyl (C=O) groups excluding carboxylic acids is 2. The number of aromatic nitrogens is 4. The highest BCUT2D eigenvalue weighted by molar-refractivity contribution is 14.1. The van der Waals surface area contributed by atoms with E-state index < -0.39 is 0 Å². The van der Waals surface area contributed by atoms with Crippen molar-refractivity contribution >= 4 is 56.8 Å². The maximum atomic E-state index is 12.4. The van der Waals surface area contributed by atoms with Crippen molar-refractivity contribution in [3.63, 3.8) is 0 Å². The summed E-state index contributed by atoms with van der Waals surface area (Å²) in [7, 11) is 0. The van der Waals surface area contributed by atoms with Crippen molar-refractivity contribution in [2.45, 2.75) is 97.1 Å². The van der Waals surface area contributed by atoms with Gasteiger partial charge in [0.2, 0.25) is 5.78 Å². The van der Waals surface area contributed by atoms with Gasteiger partial charge in [-0.05, 0) is 185 Å². The van der Waals surface area contributed by atoms with Crippen LogP contribution >= 0.6 is 45.3 Å². The second-order valence-corrected chi connectivity index (χ2v) is 20.7. The highest BCUT2D eigenvalue weighted by Crippen LogP contribution is 2.35. The van der Waals surface area contributed by atoms with E-state index in [1.54, 1.807) is 17.5 Å². The number of fused-ring (bicyclic) bond motifs is 3. The monoisotopic (exact) mass is 1010 g/mol. The summed E-state index contributed by atoms with van der Waals surface area (Å²) in [6, 6.07) is 22.0. The largest absolute Gasteiger partial charge is 0.314 e. The number of carbonyl (C=O) groups is 2. The number of rotatable bonds is 13. The standard InChI is InChI=1S/C17H15NOS2.C15H20N2O.C10H13IN2.C10H14N2/c1-11-3-5-13(6-4-11)9-15-18-12(2)17(21-15)16(19)14-7-8-20-10-14;1-11-2-3-14(16-9-11)15(18)8-13-10-17-6-4-12(13)5-7-17;11-9-5-8(6-12-7-9)1-2-10-3-4-13-10;1-2-9(8-11-6-1)3-4-10-5-7-12-10/h3-8,10H,9H2,1-2H3;2-3,9,12-13H,4-8,10H2,1H3;5-7,10,13H,1-4H2;1-2,6,8,10,12H,3-5,7H2/t;13-;2*10-/m.011/s1. The van der Waals surface area contributed by atoms with Crippen molar-refractivity contribution in [1.29, 1.82) is 0 Å². The first-order valence-electron chi connectivity index (χ1n) is 22.9. The quantitative estimate of drug-likeness (QED) is 0.0863. The Labute approximate surface area is 401 Å². The number of thiophene rings is 1. The van der Waals surface area contributed by atoms with E-state index in [0.29, 0.717) is 18.0 Å². The predicted molar refractivity (Wildman–Crippen MR) is 270 cm³/mol. The SMILES string of the molecule is Cc1ccc(C(=O)C[C@H]2CN3CCC2CC3)nc1.Cc1ccc(Cc2nc(C)c(C(=O)c3ccsc3)s2)cc1.Ic1cncc(CC[C@@H]2CCN2)c1.c1cncc(CC[C@@H]2CCN2)c1. The molecule has 5 aliphatic heterocycles. The van der Waals surface area contributed by atoms with E-state index >= 15 is 0 Å². The van der Waals surface area contributed by atoms with Gasteiger partial charge in [0.15, 0.2) is 5.78 Å². The zero-order valence-electron chi connectivity index (χ0n) is 37.5. The third-order valence-electron chi connectivity index (χ3n) is 12.6. The van der Waals surface area contributed by atoms with Crippen LogP contribution in [0, 0.1) is 36.2 Å². The third-order valence-corrected chi connectivity index (χ3v) is 15.1. The Balaban J connectivity index is 0.000000131. The number of halogens is 1. The number of nitrogens with zero attached hydrogens (tertiary/aromatic N) is 5. The van der Waals surface area contributed by atoms with E-state index in [9.17, 15) is 9.59 Å². The smallest absolute Gasteiger partial charge is 0.205 e. The molecule has 0 unspecified atom stereocenters. The molecule has 6 aromatic rings. The molecule has 5 saturated heterocycles. The summed E-state index contributed by atoms with van der Waals surface area (Å²) in [4.78, 5) is 45.0. The number of pyridine rings is 3. The van der Waals surface area contributed by atoms with Gasteiger partial charge in [-0.2, -0.15) is 11.3 Å². The Morgan fingerprint density at radius 3 is 2.08 bits per heavy atom. The lowest BCUT2D eigenvalue weighted by Gasteiger charge is -2.44. The first-order chi connectivity index (χ1) is 31.1. The maximum absolute atomic E-state index is 12.4. The van der Waals surface area contributed by atoms with Crippen LogP contribution in [0.2, 0.25) is 0 Å². The number of benzene rings is 1. The number of aryl methyl sites for hydroxylation is 5. The Morgan fingerprint density at radius 1 is 0.797 bits per heavy atom. The molecule has 0 amide bonds. The van der Waals surface area contributed by atoms with E-state index in [2.05, 4.69) is 101 Å². The van der Waals surface area contributed by atoms with Crippen molar-refractivity contribution in [3.8, 4) is 0 Å². The minimum atomic E-state index is 0.0846. The summed E-state index contributed by atoms with van der Waals surface area (Å²) in [6.07, 6.45) is 21.0. The summed E-state index contributed by atoms with van der Waals surface area (Å²) in [6.45, 7) is 12.0. The molecular formula is C52H62IN7O2S2. The molecule has 2 N–H and O–H groups in total. The van der Waals surface area contributed by atoms with Crippen LogP contribution in [0.3, 0.4) is 0 Å². The summed E-state index contributed by atoms with van der Waals surface area (Å²) >= 11 is 5.36. The van der Waals surface area contributed by atoms with Gasteiger partial charge in [0.25, 0.3) is 0 Å². The van der Waals surface area contributed by atoms with Crippen molar-refractivity contribution in [2.24, 2.45) is 11.8 Å². The number of hydrogen-bond acceptors (Lipinski definition) is 11. The van der Waals surface area contributed by atoms with E-state index in [1.807, 2.05) is 73.7 Å². The highest BCUT2D eigenvalue weighted by Gasteiger charge is 2.35. The molecule has 9 nitrogen and oxygen atoms in total. The Morgan fingerprint density at radius 2 is 1.50 bits per heavy atom. The lowest BCUT2D eigenvalue weighted by Crippen LogP contribution is -2.47. The molecule has 3 atom stereocenters. The number of hydrogen-bond donors (Lipinski definition) is 2. The molecule has 5 fully saturated rings. The topological polar surface area (TPSA) is 113 Å². The van der Waals surface area contributed by atoms with Crippen LogP contribution < -0.4 is 10.6 Å².